The molecule has 8 heteroatoms. The van der Waals surface area contributed by atoms with Gasteiger partial charge in [-0.1, -0.05) is 28.1 Å². The molecule has 1 aliphatic heterocycles. The zero-order valence-corrected chi connectivity index (χ0v) is 16.4. The molecule has 0 bridgehead atoms. The number of rotatable bonds is 4. The Balaban J connectivity index is 1.53. The van der Waals surface area contributed by atoms with Crippen LogP contribution < -0.4 is 4.74 Å². The Morgan fingerprint density at radius 2 is 1.63 bits per heavy atom. The van der Waals surface area contributed by atoms with Gasteiger partial charge in [-0.2, -0.15) is 0 Å². The van der Waals surface area contributed by atoms with Crippen molar-refractivity contribution in [3.05, 3.63) is 58.3 Å². The van der Waals surface area contributed by atoms with Gasteiger partial charge in [0.1, 0.15) is 0 Å². The Hall–Kier alpha value is -2.74. The molecule has 140 valence electrons. The van der Waals surface area contributed by atoms with Crippen LogP contribution in [0.4, 0.5) is 0 Å². The lowest BCUT2D eigenvalue weighted by molar-refractivity contribution is -0.127. The van der Waals surface area contributed by atoms with Crippen LogP contribution >= 0.6 is 15.9 Å². The van der Waals surface area contributed by atoms with Crippen LogP contribution in [0.15, 0.2) is 47.2 Å². The van der Waals surface area contributed by atoms with E-state index in [0.717, 1.165) is 10.0 Å². The van der Waals surface area contributed by atoms with E-state index in [2.05, 4.69) is 25.9 Å². The van der Waals surface area contributed by atoms with Crippen molar-refractivity contribution in [3.8, 4) is 6.01 Å². The Morgan fingerprint density at radius 1 is 1.04 bits per heavy atom. The second-order valence-electron chi connectivity index (χ2n) is 5.96. The molecule has 2 amide bonds. The van der Waals surface area contributed by atoms with Gasteiger partial charge in [0.2, 0.25) is 5.91 Å². The summed E-state index contributed by atoms with van der Waals surface area (Å²) in [5, 5.41) is 0. The summed E-state index contributed by atoms with van der Waals surface area (Å²) in [6.45, 7) is 1.93. The zero-order valence-electron chi connectivity index (χ0n) is 14.8. The number of piperazine rings is 1. The van der Waals surface area contributed by atoms with E-state index in [1.165, 1.54) is 19.5 Å². The number of carbonyl (C=O) groups is 2. The van der Waals surface area contributed by atoms with Crippen LogP contribution in [0, 0.1) is 0 Å². The molecule has 1 aromatic carbocycles. The van der Waals surface area contributed by atoms with Crippen LogP contribution in [0.2, 0.25) is 0 Å². The fourth-order valence-corrected chi connectivity index (χ4v) is 2.96. The van der Waals surface area contributed by atoms with Gasteiger partial charge in [0, 0.05) is 49.1 Å². The predicted molar refractivity (Wildman–Crippen MR) is 104 cm³/mol. The fourth-order valence-electron chi connectivity index (χ4n) is 2.69. The third kappa shape index (κ3) is 4.91. The normalized spacial score (nSPS) is 14.4. The lowest BCUT2D eigenvalue weighted by Crippen LogP contribution is -2.50. The average Bonchev–Trinajstić information content (AvgIpc) is 2.73. The molecule has 1 aliphatic rings. The SMILES string of the molecule is COc1ncc(C(=O)N2CCN(C(=O)/C=C/c3ccc(Br)cc3)CC2)cn1. The maximum Gasteiger partial charge on any atom is 0.316 e. The van der Waals surface area contributed by atoms with E-state index in [1.807, 2.05) is 24.3 Å². The molecule has 0 aliphatic carbocycles. The number of benzene rings is 1. The van der Waals surface area contributed by atoms with E-state index < -0.39 is 0 Å². The summed E-state index contributed by atoms with van der Waals surface area (Å²) in [5.74, 6) is -0.201. The third-order valence-electron chi connectivity index (χ3n) is 4.22. The fraction of sp³-hybridized carbons (Fsp3) is 0.263. The van der Waals surface area contributed by atoms with E-state index in [0.29, 0.717) is 31.7 Å². The smallest absolute Gasteiger partial charge is 0.316 e. The molecule has 1 saturated heterocycles. The van der Waals surface area contributed by atoms with E-state index in [-0.39, 0.29) is 17.8 Å². The van der Waals surface area contributed by atoms with E-state index in [1.54, 1.807) is 22.0 Å². The first-order valence-corrected chi connectivity index (χ1v) is 9.24. The lowest BCUT2D eigenvalue weighted by atomic mass is 10.2. The number of methoxy groups -OCH3 is 1. The summed E-state index contributed by atoms with van der Waals surface area (Å²) in [5.41, 5.74) is 1.37. The highest BCUT2D eigenvalue weighted by molar-refractivity contribution is 9.10. The number of ether oxygens (including phenoxy) is 1. The van der Waals surface area contributed by atoms with Gasteiger partial charge >= 0.3 is 6.01 Å². The van der Waals surface area contributed by atoms with E-state index in [9.17, 15) is 9.59 Å². The molecule has 7 nitrogen and oxygen atoms in total. The summed E-state index contributed by atoms with van der Waals surface area (Å²) in [7, 11) is 1.47. The summed E-state index contributed by atoms with van der Waals surface area (Å²) in [4.78, 5) is 36.2. The number of hydrogen-bond acceptors (Lipinski definition) is 5. The molecule has 0 N–H and O–H groups in total. The van der Waals surface area contributed by atoms with Crippen molar-refractivity contribution in [1.82, 2.24) is 19.8 Å². The zero-order chi connectivity index (χ0) is 19.2. The van der Waals surface area contributed by atoms with Gasteiger partial charge in [0.25, 0.3) is 5.91 Å². The molecule has 0 spiro atoms. The van der Waals surface area contributed by atoms with Gasteiger partial charge in [0.05, 0.1) is 12.7 Å². The molecule has 2 aromatic rings. The second-order valence-corrected chi connectivity index (χ2v) is 6.88. The van der Waals surface area contributed by atoms with Crippen molar-refractivity contribution in [2.45, 2.75) is 0 Å². The second kappa shape index (κ2) is 8.77. The van der Waals surface area contributed by atoms with Crippen LogP contribution in [-0.4, -0.2) is 64.9 Å². The largest absolute Gasteiger partial charge is 0.467 e. The Bertz CT molecular complexity index is 829. The molecular formula is C19H19BrN4O3. The summed E-state index contributed by atoms with van der Waals surface area (Å²) in [6.07, 6.45) is 6.26. The first-order chi connectivity index (χ1) is 13.1. The van der Waals surface area contributed by atoms with E-state index in [4.69, 9.17) is 4.74 Å². The molecule has 0 unspecified atom stereocenters. The van der Waals surface area contributed by atoms with Gasteiger partial charge < -0.3 is 14.5 Å². The van der Waals surface area contributed by atoms with Crippen LogP contribution in [0.5, 0.6) is 6.01 Å². The highest BCUT2D eigenvalue weighted by Gasteiger charge is 2.24. The van der Waals surface area contributed by atoms with Crippen molar-refractivity contribution in [3.63, 3.8) is 0 Å². The van der Waals surface area contributed by atoms with Gasteiger partial charge in [-0.25, -0.2) is 9.97 Å². The van der Waals surface area contributed by atoms with Crippen molar-refractivity contribution >= 4 is 33.8 Å². The first-order valence-electron chi connectivity index (χ1n) is 8.44. The molecular weight excluding hydrogens is 412 g/mol. The summed E-state index contributed by atoms with van der Waals surface area (Å²) >= 11 is 3.38. The first kappa shape index (κ1) is 19.0. The minimum Gasteiger partial charge on any atom is -0.467 e. The maximum atomic E-state index is 12.5. The number of carbonyl (C=O) groups excluding carboxylic acids is 2. The van der Waals surface area contributed by atoms with E-state index >= 15 is 0 Å². The molecule has 0 saturated carbocycles. The van der Waals surface area contributed by atoms with Crippen molar-refractivity contribution in [2.75, 3.05) is 33.3 Å². The standard InChI is InChI=1S/C19H19BrN4O3/c1-27-19-21-12-15(13-22-19)18(26)24-10-8-23(9-11-24)17(25)7-4-14-2-5-16(20)6-3-14/h2-7,12-13H,8-11H2,1H3/b7-4+. The maximum absolute atomic E-state index is 12.5. The number of halogens is 1. The molecule has 0 radical (unpaired) electrons. The quantitative estimate of drug-likeness (QED) is 0.695. The summed E-state index contributed by atoms with van der Waals surface area (Å²) in [6, 6.07) is 7.94. The highest BCUT2D eigenvalue weighted by atomic mass is 79.9. The number of aromatic nitrogens is 2. The van der Waals surface area contributed by atoms with Gasteiger partial charge in [-0.05, 0) is 23.8 Å². The van der Waals surface area contributed by atoms with Gasteiger partial charge in [-0.15, -0.1) is 0 Å². The Labute approximate surface area is 165 Å². The van der Waals surface area contributed by atoms with Crippen molar-refractivity contribution < 1.29 is 14.3 Å². The molecule has 3 rings (SSSR count). The minimum atomic E-state index is -0.143. The molecule has 1 fully saturated rings. The average molecular weight is 431 g/mol. The van der Waals surface area contributed by atoms with Crippen LogP contribution in [0.3, 0.4) is 0 Å². The summed E-state index contributed by atoms with van der Waals surface area (Å²) < 4.78 is 5.89. The highest BCUT2D eigenvalue weighted by Crippen LogP contribution is 2.13. The third-order valence-corrected chi connectivity index (χ3v) is 4.75. The number of amides is 2. The minimum absolute atomic E-state index is 0.0576. The van der Waals surface area contributed by atoms with Crippen LogP contribution in [0.1, 0.15) is 15.9 Å². The van der Waals surface area contributed by atoms with Crippen LogP contribution in [-0.2, 0) is 4.79 Å². The van der Waals surface area contributed by atoms with Gasteiger partial charge in [0.15, 0.2) is 0 Å². The number of hydrogen-bond donors (Lipinski definition) is 0. The van der Waals surface area contributed by atoms with Crippen LogP contribution in [0.25, 0.3) is 6.08 Å². The molecule has 2 heterocycles. The molecule has 0 atom stereocenters. The van der Waals surface area contributed by atoms with Gasteiger partial charge in [-0.3, -0.25) is 9.59 Å². The Kier molecular flexibility index (Phi) is 6.18. The Morgan fingerprint density at radius 3 is 2.22 bits per heavy atom. The van der Waals surface area contributed by atoms with Crippen molar-refractivity contribution in [1.29, 1.82) is 0 Å². The van der Waals surface area contributed by atoms with Crippen molar-refractivity contribution in [2.24, 2.45) is 0 Å². The topological polar surface area (TPSA) is 75.6 Å². The molecule has 27 heavy (non-hydrogen) atoms. The number of nitrogens with zero attached hydrogens (tertiary/aromatic N) is 4. The monoisotopic (exact) mass is 430 g/mol. The molecule has 1 aromatic heterocycles. The predicted octanol–water partition coefficient (Wildman–Crippen LogP) is 2.25. The lowest BCUT2D eigenvalue weighted by Gasteiger charge is -2.34.